The van der Waals surface area contributed by atoms with Gasteiger partial charge >= 0.3 is 0 Å². The first-order valence-corrected chi connectivity index (χ1v) is 8.20. The fourth-order valence-corrected chi connectivity index (χ4v) is 3.28. The third kappa shape index (κ3) is 3.22. The van der Waals surface area contributed by atoms with Crippen LogP contribution in [0.2, 0.25) is 0 Å². The molecule has 1 aromatic rings. The average molecular weight is 296 g/mol. The number of amides is 1. The quantitative estimate of drug-likeness (QED) is 0.787. The van der Waals surface area contributed by atoms with Crippen LogP contribution in [0.1, 0.15) is 38.4 Å². The lowest BCUT2D eigenvalue weighted by molar-refractivity contribution is -0.131. The molecular weight excluding hydrogens is 272 g/mol. The first-order chi connectivity index (χ1) is 9.69. The maximum absolute atomic E-state index is 12.6. The van der Waals surface area contributed by atoms with Crippen LogP contribution in [0.4, 0.5) is 0 Å². The van der Waals surface area contributed by atoms with Gasteiger partial charge < -0.3 is 9.64 Å². The third-order valence-corrected chi connectivity index (χ3v) is 4.72. The van der Waals surface area contributed by atoms with E-state index < -0.39 is 0 Å². The van der Waals surface area contributed by atoms with Gasteiger partial charge in [-0.15, -0.1) is 0 Å². The number of nitrogens with zero attached hydrogens (tertiary/aromatic N) is 1. The first-order valence-electron chi connectivity index (χ1n) is 7.26. The molecule has 3 atom stereocenters. The molecule has 0 spiro atoms. The lowest BCUT2D eigenvalue weighted by atomic mass is 9.99. The van der Waals surface area contributed by atoms with Crippen LogP contribution in [-0.4, -0.2) is 37.1 Å². The van der Waals surface area contributed by atoms with Gasteiger partial charge in [-0.2, -0.15) is 11.3 Å². The second-order valence-electron chi connectivity index (χ2n) is 5.37. The van der Waals surface area contributed by atoms with Crippen LogP contribution in [0.3, 0.4) is 0 Å². The minimum atomic E-state index is -0.0626. The van der Waals surface area contributed by atoms with Gasteiger partial charge in [0.15, 0.2) is 0 Å². The Morgan fingerprint density at radius 1 is 1.55 bits per heavy atom. The Morgan fingerprint density at radius 2 is 2.35 bits per heavy atom. The lowest BCUT2D eigenvalue weighted by Crippen LogP contribution is -2.36. The van der Waals surface area contributed by atoms with Crippen molar-refractivity contribution in [3.05, 3.63) is 22.4 Å². The zero-order chi connectivity index (χ0) is 14.5. The molecule has 0 bridgehead atoms. The van der Waals surface area contributed by atoms with Crippen LogP contribution < -0.4 is 5.32 Å². The molecule has 1 aliphatic heterocycles. The van der Waals surface area contributed by atoms with Gasteiger partial charge in [-0.3, -0.25) is 10.1 Å². The SMILES string of the molecule is CCC(C)C1NC(c2ccsc2)N(CCCOC)C1=O. The Balaban J connectivity index is 2.12. The molecular formula is C15H24N2O2S. The highest BCUT2D eigenvalue weighted by molar-refractivity contribution is 7.07. The van der Waals surface area contributed by atoms with Gasteiger partial charge in [-0.05, 0) is 34.7 Å². The largest absolute Gasteiger partial charge is 0.385 e. The Morgan fingerprint density at radius 3 is 2.95 bits per heavy atom. The van der Waals surface area contributed by atoms with E-state index in [-0.39, 0.29) is 18.1 Å². The Labute approximate surface area is 125 Å². The molecule has 3 unspecified atom stereocenters. The van der Waals surface area contributed by atoms with Gasteiger partial charge in [0.05, 0.1) is 6.04 Å². The zero-order valence-electron chi connectivity index (χ0n) is 12.5. The van der Waals surface area contributed by atoms with Crippen molar-refractivity contribution < 1.29 is 9.53 Å². The van der Waals surface area contributed by atoms with Crippen LogP contribution >= 0.6 is 11.3 Å². The Hall–Kier alpha value is -0.910. The maximum atomic E-state index is 12.6. The molecule has 1 N–H and O–H groups in total. The van der Waals surface area contributed by atoms with Gasteiger partial charge in [-0.25, -0.2) is 0 Å². The number of rotatable bonds is 7. The van der Waals surface area contributed by atoms with E-state index in [0.29, 0.717) is 12.5 Å². The standard InChI is InChI=1S/C15H24N2O2S/c1-4-11(2)13-15(18)17(7-5-8-19-3)14(16-13)12-6-9-20-10-12/h6,9-11,13-14,16H,4-5,7-8H2,1-3H3. The van der Waals surface area contributed by atoms with Crippen LogP contribution in [0, 0.1) is 5.92 Å². The minimum Gasteiger partial charge on any atom is -0.385 e. The lowest BCUT2D eigenvalue weighted by Gasteiger charge is -2.23. The normalized spacial score (nSPS) is 24.4. The van der Waals surface area contributed by atoms with E-state index in [9.17, 15) is 4.79 Å². The molecule has 1 aliphatic rings. The molecule has 0 saturated carbocycles. The fourth-order valence-electron chi connectivity index (χ4n) is 2.61. The van der Waals surface area contributed by atoms with Crippen molar-refractivity contribution in [1.29, 1.82) is 0 Å². The van der Waals surface area contributed by atoms with E-state index in [2.05, 4.69) is 36.0 Å². The summed E-state index contributed by atoms with van der Waals surface area (Å²) in [5, 5.41) is 7.69. The van der Waals surface area contributed by atoms with Gasteiger partial charge in [0.2, 0.25) is 5.91 Å². The number of thiophene rings is 1. The van der Waals surface area contributed by atoms with Gasteiger partial charge in [0.1, 0.15) is 6.17 Å². The van der Waals surface area contributed by atoms with E-state index in [4.69, 9.17) is 4.74 Å². The number of carbonyl (C=O) groups is 1. The number of methoxy groups -OCH3 is 1. The van der Waals surface area contributed by atoms with Gasteiger partial charge in [0.25, 0.3) is 0 Å². The monoisotopic (exact) mass is 296 g/mol. The van der Waals surface area contributed by atoms with E-state index in [1.807, 2.05) is 4.90 Å². The highest BCUT2D eigenvalue weighted by Gasteiger charge is 2.41. The number of nitrogens with one attached hydrogen (secondary N) is 1. The molecule has 1 aromatic heterocycles. The van der Waals surface area contributed by atoms with E-state index in [0.717, 1.165) is 19.4 Å². The van der Waals surface area contributed by atoms with E-state index >= 15 is 0 Å². The summed E-state index contributed by atoms with van der Waals surface area (Å²) in [7, 11) is 1.70. The Bertz CT molecular complexity index is 422. The number of hydrogen-bond acceptors (Lipinski definition) is 4. The third-order valence-electron chi connectivity index (χ3n) is 4.02. The second kappa shape index (κ2) is 7.20. The minimum absolute atomic E-state index is 0.0182. The summed E-state index contributed by atoms with van der Waals surface area (Å²) in [6.45, 7) is 5.70. The van der Waals surface area contributed by atoms with Gasteiger partial charge in [-0.1, -0.05) is 20.3 Å². The molecule has 5 heteroatoms. The van der Waals surface area contributed by atoms with Crippen molar-refractivity contribution >= 4 is 17.2 Å². The van der Waals surface area contributed by atoms with Crippen LogP contribution in [0.25, 0.3) is 0 Å². The fraction of sp³-hybridized carbons (Fsp3) is 0.667. The summed E-state index contributed by atoms with van der Waals surface area (Å²) >= 11 is 1.67. The maximum Gasteiger partial charge on any atom is 0.241 e. The molecule has 1 saturated heterocycles. The summed E-state index contributed by atoms with van der Waals surface area (Å²) in [5.41, 5.74) is 1.19. The van der Waals surface area contributed by atoms with Crippen molar-refractivity contribution in [3.63, 3.8) is 0 Å². The van der Waals surface area contributed by atoms with Crippen LogP contribution in [0.5, 0.6) is 0 Å². The van der Waals surface area contributed by atoms with E-state index in [1.54, 1.807) is 18.4 Å². The molecule has 4 nitrogen and oxygen atoms in total. The first kappa shape index (κ1) is 15.5. The summed E-state index contributed by atoms with van der Waals surface area (Å²) < 4.78 is 5.10. The molecule has 20 heavy (non-hydrogen) atoms. The Kier molecular flexibility index (Phi) is 5.57. The molecule has 0 aromatic carbocycles. The number of carbonyl (C=O) groups excluding carboxylic acids is 1. The summed E-state index contributed by atoms with van der Waals surface area (Å²) in [6.07, 6.45) is 1.90. The number of ether oxygens (including phenoxy) is 1. The predicted octanol–water partition coefficient (Wildman–Crippen LogP) is 2.63. The highest BCUT2D eigenvalue weighted by Crippen LogP contribution is 2.30. The number of hydrogen-bond donors (Lipinski definition) is 1. The molecule has 1 amide bonds. The average Bonchev–Trinajstić information content (AvgIpc) is 3.07. The van der Waals surface area contributed by atoms with Crippen molar-refractivity contribution in [2.45, 2.75) is 38.9 Å². The van der Waals surface area contributed by atoms with Gasteiger partial charge in [0, 0.05) is 20.3 Å². The molecule has 1 fully saturated rings. The summed E-state index contributed by atoms with van der Waals surface area (Å²) in [6, 6.07) is 2.03. The zero-order valence-corrected chi connectivity index (χ0v) is 13.3. The van der Waals surface area contributed by atoms with Crippen LogP contribution in [-0.2, 0) is 9.53 Å². The van der Waals surface area contributed by atoms with Crippen molar-refractivity contribution in [1.82, 2.24) is 10.2 Å². The summed E-state index contributed by atoms with van der Waals surface area (Å²) in [4.78, 5) is 14.6. The topological polar surface area (TPSA) is 41.6 Å². The second-order valence-corrected chi connectivity index (χ2v) is 6.15. The van der Waals surface area contributed by atoms with E-state index in [1.165, 1.54) is 5.56 Å². The van der Waals surface area contributed by atoms with Crippen molar-refractivity contribution in [3.8, 4) is 0 Å². The predicted molar refractivity (Wildman–Crippen MR) is 81.6 cm³/mol. The van der Waals surface area contributed by atoms with Crippen molar-refractivity contribution in [2.75, 3.05) is 20.3 Å². The smallest absolute Gasteiger partial charge is 0.241 e. The van der Waals surface area contributed by atoms with Crippen molar-refractivity contribution in [2.24, 2.45) is 5.92 Å². The molecule has 2 heterocycles. The molecule has 0 aliphatic carbocycles. The van der Waals surface area contributed by atoms with Crippen LogP contribution in [0.15, 0.2) is 16.8 Å². The highest BCUT2D eigenvalue weighted by atomic mass is 32.1. The molecule has 2 rings (SSSR count). The summed E-state index contributed by atoms with van der Waals surface area (Å²) in [5.74, 6) is 0.586. The molecule has 0 radical (unpaired) electrons. The molecule has 112 valence electrons.